The van der Waals surface area contributed by atoms with Gasteiger partial charge >= 0.3 is 0 Å². The molecular weight excluding hydrogens is 384 g/mol. The topological polar surface area (TPSA) is 63.2 Å². The van der Waals surface area contributed by atoms with Gasteiger partial charge in [-0.1, -0.05) is 0 Å². The molecule has 104 valence electrons. The standard InChI is InChI=1S/C12H13FINO3S/c1-12(4-5-19(17,18)7-12)15-11(16)9-3-2-8(13)6-10(9)14/h2-3,6H,4-5,7H2,1H3,(H,15,16). The summed E-state index contributed by atoms with van der Waals surface area (Å²) in [5.41, 5.74) is -0.388. The Morgan fingerprint density at radius 3 is 2.68 bits per heavy atom. The number of carbonyl (C=O) groups is 1. The molecule has 0 spiro atoms. The predicted octanol–water partition coefficient (Wildman–Crippen LogP) is 1.74. The molecule has 4 nitrogen and oxygen atoms in total. The minimum Gasteiger partial charge on any atom is -0.346 e. The molecule has 1 unspecified atom stereocenters. The van der Waals surface area contributed by atoms with Crippen molar-refractivity contribution in [2.45, 2.75) is 18.9 Å². The third kappa shape index (κ3) is 3.44. The summed E-state index contributed by atoms with van der Waals surface area (Å²) in [6.45, 7) is 1.71. The maximum absolute atomic E-state index is 13.0. The van der Waals surface area contributed by atoms with Gasteiger partial charge in [-0.15, -0.1) is 0 Å². The van der Waals surface area contributed by atoms with Crippen molar-refractivity contribution in [3.05, 3.63) is 33.1 Å². The van der Waals surface area contributed by atoms with Gasteiger partial charge in [0.05, 0.1) is 22.6 Å². The molecule has 19 heavy (non-hydrogen) atoms. The van der Waals surface area contributed by atoms with Crippen molar-refractivity contribution in [1.82, 2.24) is 5.32 Å². The summed E-state index contributed by atoms with van der Waals surface area (Å²) in [5, 5.41) is 2.74. The van der Waals surface area contributed by atoms with E-state index in [1.54, 1.807) is 6.92 Å². The molecule has 1 amide bonds. The quantitative estimate of drug-likeness (QED) is 0.774. The second kappa shape index (κ2) is 5.01. The number of benzene rings is 1. The fourth-order valence-electron chi connectivity index (χ4n) is 2.12. The monoisotopic (exact) mass is 397 g/mol. The van der Waals surface area contributed by atoms with Gasteiger partial charge in [0.2, 0.25) is 0 Å². The van der Waals surface area contributed by atoms with Crippen molar-refractivity contribution >= 4 is 38.3 Å². The van der Waals surface area contributed by atoms with E-state index >= 15 is 0 Å². The minimum absolute atomic E-state index is 0.0521. The highest BCUT2D eigenvalue weighted by atomic mass is 127. The molecular formula is C12H13FINO3S. The lowest BCUT2D eigenvalue weighted by Crippen LogP contribution is -2.47. The van der Waals surface area contributed by atoms with Gasteiger partial charge in [0.25, 0.3) is 5.91 Å². The Morgan fingerprint density at radius 1 is 1.47 bits per heavy atom. The van der Waals surface area contributed by atoms with Gasteiger partial charge in [-0.2, -0.15) is 0 Å². The highest BCUT2D eigenvalue weighted by Crippen LogP contribution is 2.24. The molecule has 0 aliphatic carbocycles. The molecule has 2 rings (SSSR count). The van der Waals surface area contributed by atoms with Gasteiger partial charge < -0.3 is 5.32 Å². The Hall–Kier alpha value is -0.700. The molecule has 0 radical (unpaired) electrons. The molecule has 0 aromatic heterocycles. The van der Waals surface area contributed by atoms with E-state index in [-0.39, 0.29) is 17.4 Å². The van der Waals surface area contributed by atoms with E-state index in [1.165, 1.54) is 18.2 Å². The molecule has 1 aromatic carbocycles. The van der Waals surface area contributed by atoms with Crippen LogP contribution in [0.5, 0.6) is 0 Å². The summed E-state index contributed by atoms with van der Waals surface area (Å²) < 4.78 is 36.4. The van der Waals surface area contributed by atoms with Gasteiger partial charge in [0.15, 0.2) is 9.84 Å². The lowest BCUT2D eigenvalue weighted by Gasteiger charge is -2.24. The Morgan fingerprint density at radius 2 is 2.16 bits per heavy atom. The number of sulfone groups is 1. The fraction of sp³-hybridized carbons (Fsp3) is 0.417. The van der Waals surface area contributed by atoms with E-state index in [2.05, 4.69) is 5.32 Å². The largest absolute Gasteiger partial charge is 0.346 e. The van der Waals surface area contributed by atoms with Crippen molar-refractivity contribution in [2.24, 2.45) is 0 Å². The van der Waals surface area contributed by atoms with Crippen LogP contribution in [-0.2, 0) is 9.84 Å². The summed E-state index contributed by atoms with van der Waals surface area (Å²) in [6, 6.07) is 3.88. The smallest absolute Gasteiger partial charge is 0.252 e. The molecule has 1 fully saturated rings. The maximum Gasteiger partial charge on any atom is 0.252 e. The van der Waals surface area contributed by atoms with E-state index in [0.717, 1.165) is 0 Å². The van der Waals surface area contributed by atoms with Crippen molar-refractivity contribution in [2.75, 3.05) is 11.5 Å². The molecule has 7 heteroatoms. The normalized spacial score (nSPS) is 25.2. The zero-order valence-electron chi connectivity index (χ0n) is 10.2. The van der Waals surface area contributed by atoms with Gasteiger partial charge in [0, 0.05) is 3.57 Å². The second-order valence-corrected chi connectivity index (χ2v) is 8.33. The number of nitrogens with one attached hydrogen (secondary N) is 1. The average molecular weight is 397 g/mol. The highest BCUT2D eigenvalue weighted by Gasteiger charge is 2.39. The second-order valence-electron chi connectivity index (χ2n) is 4.98. The maximum atomic E-state index is 13.0. The first-order chi connectivity index (χ1) is 8.71. The Kier molecular flexibility index (Phi) is 3.87. The van der Waals surface area contributed by atoms with E-state index < -0.39 is 21.2 Å². The number of hydrogen-bond acceptors (Lipinski definition) is 3. The van der Waals surface area contributed by atoms with Crippen molar-refractivity contribution < 1.29 is 17.6 Å². The first-order valence-electron chi connectivity index (χ1n) is 5.69. The summed E-state index contributed by atoms with van der Waals surface area (Å²) in [7, 11) is -3.08. The number of carbonyl (C=O) groups excluding carboxylic acids is 1. The van der Waals surface area contributed by atoms with Gasteiger partial charge in [0.1, 0.15) is 5.82 Å². The van der Waals surface area contributed by atoms with Crippen LogP contribution in [0.25, 0.3) is 0 Å². The zero-order valence-corrected chi connectivity index (χ0v) is 13.2. The Labute approximate surface area is 124 Å². The molecule has 1 aliphatic rings. The molecule has 1 saturated heterocycles. The lowest BCUT2D eigenvalue weighted by atomic mass is 10.0. The lowest BCUT2D eigenvalue weighted by molar-refractivity contribution is 0.0914. The zero-order chi connectivity index (χ0) is 14.3. The molecule has 0 bridgehead atoms. The van der Waals surface area contributed by atoms with Crippen LogP contribution in [-0.4, -0.2) is 31.4 Å². The van der Waals surface area contributed by atoms with E-state index in [4.69, 9.17) is 0 Å². The Bertz CT molecular complexity index is 632. The van der Waals surface area contributed by atoms with Crippen molar-refractivity contribution in [3.8, 4) is 0 Å². The first-order valence-corrected chi connectivity index (χ1v) is 8.59. The number of rotatable bonds is 2. The first kappa shape index (κ1) is 14.7. The highest BCUT2D eigenvalue weighted by molar-refractivity contribution is 14.1. The summed E-state index contributed by atoms with van der Waals surface area (Å²) >= 11 is 1.88. The SMILES string of the molecule is CC1(NC(=O)c2ccc(F)cc2I)CCS(=O)(=O)C1. The Balaban J connectivity index is 2.18. The average Bonchev–Trinajstić information content (AvgIpc) is 2.52. The summed E-state index contributed by atoms with van der Waals surface area (Å²) in [6.07, 6.45) is 0.402. The van der Waals surface area contributed by atoms with Crippen molar-refractivity contribution in [1.29, 1.82) is 0 Å². The van der Waals surface area contributed by atoms with Crippen LogP contribution in [0, 0.1) is 9.39 Å². The summed E-state index contributed by atoms with van der Waals surface area (Å²) in [5.74, 6) is -0.743. The predicted molar refractivity (Wildman–Crippen MR) is 78.3 cm³/mol. The number of halogens is 2. The van der Waals surface area contributed by atoms with Gasteiger partial charge in [-0.05, 0) is 54.1 Å². The third-order valence-corrected chi connectivity index (χ3v) is 5.89. The van der Waals surface area contributed by atoms with E-state index in [0.29, 0.717) is 15.6 Å². The fourth-order valence-corrected chi connectivity index (χ4v) is 4.94. The van der Waals surface area contributed by atoms with E-state index in [9.17, 15) is 17.6 Å². The van der Waals surface area contributed by atoms with Gasteiger partial charge in [-0.25, -0.2) is 12.8 Å². The molecule has 0 saturated carbocycles. The van der Waals surface area contributed by atoms with Gasteiger partial charge in [-0.3, -0.25) is 4.79 Å². The summed E-state index contributed by atoms with van der Waals surface area (Å²) in [4.78, 5) is 12.1. The molecule has 1 heterocycles. The number of amides is 1. The molecule has 1 aromatic rings. The van der Waals surface area contributed by atoms with E-state index in [1.807, 2.05) is 22.6 Å². The van der Waals surface area contributed by atoms with Crippen LogP contribution >= 0.6 is 22.6 Å². The van der Waals surface area contributed by atoms with Crippen LogP contribution in [0.4, 0.5) is 4.39 Å². The number of hydrogen-bond donors (Lipinski definition) is 1. The molecule has 1 N–H and O–H groups in total. The van der Waals surface area contributed by atoms with Crippen LogP contribution in [0.2, 0.25) is 0 Å². The van der Waals surface area contributed by atoms with Crippen LogP contribution < -0.4 is 5.32 Å². The third-order valence-electron chi connectivity index (χ3n) is 3.09. The molecule has 1 aliphatic heterocycles. The minimum atomic E-state index is -3.08. The van der Waals surface area contributed by atoms with Crippen LogP contribution in [0.1, 0.15) is 23.7 Å². The van der Waals surface area contributed by atoms with Crippen LogP contribution in [0.15, 0.2) is 18.2 Å². The van der Waals surface area contributed by atoms with Crippen LogP contribution in [0.3, 0.4) is 0 Å². The van der Waals surface area contributed by atoms with Crippen molar-refractivity contribution in [3.63, 3.8) is 0 Å². The molecule has 1 atom stereocenters.